The summed E-state index contributed by atoms with van der Waals surface area (Å²) in [6.07, 6.45) is 1.72. The molecule has 3 aromatic rings. The molecule has 8 heteroatoms. The second kappa shape index (κ2) is 7.62. The summed E-state index contributed by atoms with van der Waals surface area (Å²) in [5, 5.41) is 14.5. The highest BCUT2D eigenvalue weighted by Gasteiger charge is 2.12. The topological polar surface area (TPSA) is 85.1 Å². The Hall–Kier alpha value is -2.45. The van der Waals surface area contributed by atoms with Crippen LogP contribution in [-0.2, 0) is 4.79 Å². The number of aromatic nitrogens is 1. The van der Waals surface area contributed by atoms with Crippen molar-refractivity contribution in [3.8, 4) is 0 Å². The third-order valence-corrected chi connectivity index (χ3v) is 5.13. The number of non-ortho nitro benzene ring substituents is 1. The minimum atomic E-state index is -0.485. The fraction of sp³-hybridized carbons (Fsp3) is 0.0588. The molecule has 3 rings (SSSR count). The number of nitrogens with one attached hydrogen (secondary N) is 1. The predicted octanol–water partition coefficient (Wildman–Crippen LogP) is 4.64. The average molecular weight is 418 g/mol. The van der Waals surface area contributed by atoms with Crippen LogP contribution in [0.1, 0.15) is 0 Å². The van der Waals surface area contributed by atoms with E-state index in [2.05, 4.69) is 26.2 Å². The Bertz CT molecular complexity index is 960. The molecule has 1 N–H and O–H groups in total. The Labute approximate surface area is 155 Å². The maximum Gasteiger partial charge on any atom is 0.270 e. The number of rotatable bonds is 5. The quantitative estimate of drug-likeness (QED) is 0.371. The van der Waals surface area contributed by atoms with Crippen molar-refractivity contribution in [3.05, 3.63) is 69.3 Å². The van der Waals surface area contributed by atoms with Crippen LogP contribution >= 0.6 is 27.7 Å². The van der Waals surface area contributed by atoms with Crippen LogP contribution in [0, 0.1) is 10.1 Å². The van der Waals surface area contributed by atoms with Gasteiger partial charge in [0.2, 0.25) is 5.91 Å². The third kappa shape index (κ3) is 4.15. The number of halogens is 1. The van der Waals surface area contributed by atoms with Gasteiger partial charge in [0.1, 0.15) is 0 Å². The minimum Gasteiger partial charge on any atom is -0.324 e. The van der Waals surface area contributed by atoms with Crippen LogP contribution < -0.4 is 5.32 Å². The minimum absolute atomic E-state index is 0.0393. The second-order valence-corrected chi connectivity index (χ2v) is 6.96. The number of anilines is 1. The number of fused-ring (bicyclic) bond motifs is 1. The van der Waals surface area contributed by atoms with Crippen molar-refractivity contribution < 1.29 is 9.72 Å². The molecule has 6 nitrogen and oxygen atoms in total. The van der Waals surface area contributed by atoms with Crippen LogP contribution in [0.3, 0.4) is 0 Å². The molecular formula is C17H12BrN3O3S. The van der Waals surface area contributed by atoms with Gasteiger partial charge >= 0.3 is 0 Å². The summed E-state index contributed by atoms with van der Waals surface area (Å²) < 4.78 is 0.467. The Kier molecular flexibility index (Phi) is 5.30. The molecule has 25 heavy (non-hydrogen) atoms. The van der Waals surface area contributed by atoms with Gasteiger partial charge in [0.25, 0.3) is 5.69 Å². The lowest BCUT2D eigenvalue weighted by molar-refractivity contribution is -0.384. The standard InChI is InChI=1S/C17H12BrN3O3S/c18-13-9-11(21(23)24)5-6-15(13)20-17(22)10-25-16-7-8-19-14-4-2-1-3-12(14)16/h1-9H,10H2,(H,20,22). The molecule has 0 saturated carbocycles. The van der Waals surface area contributed by atoms with E-state index in [1.165, 1.54) is 30.0 Å². The summed E-state index contributed by atoms with van der Waals surface area (Å²) in [6, 6.07) is 13.8. The monoisotopic (exact) mass is 417 g/mol. The lowest BCUT2D eigenvalue weighted by atomic mass is 10.2. The first-order valence-corrected chi connectivity index (χ1v) is 9.03. The van der Waals surface area contributed by atoms with Crippen LogP contribution in [0.4, 0.5) is 11.4 Å². The van der Waals surface area contributed by atoms with E-state index in [1.54, 1.807) is 6.20 Å². The Balaban J connectivity index is 1.68. The highest BCUT2D eigenvalue weighted by Crippen LogP contribution is 2.29. The van der Waals surface area contributed by atoms with Crippen molar-refractivity contribution in [3.63, 3.8) is 0 Å². The number of nitro groups is 1. The number of hydrogen-bond donors (Lipinski definition) is 1. The van der Waals surface area contributed by atoms with Crippen molar-refractivity contribution in [1.82, 2.24) is 4.98 Å². The summed E-state index contributed by atoms with van der Waals surface area (Å²) in [7, 11) is 0. The van der Waals surface area contributed by atoms with E-state index in [0.717, 1.165) is 15.8 Å². The summed E-state index contributed by atoms with van der Waals surface area (Å²) in [6.45, 7) is 0. The zero-order valence-corrected chi connectivity index (χ0v) is 15.2. The van der Waals surface area contributed by atoms with Gasteiger partial charge in [-0.25, -0.2) is 0 Å². The predicted molar refractivity (Wildman–Crippen MR) is 102 cm³/mol. The van der Waals surface area contributed by atoms with Crippen molar-refractivity contribution in [2.24, 2.45) is 0 Å². The summed E-state index contributed by atoms with van der Waals surface area (Å²) >= 11 is 4.65. The van der Waals surface area contributed by atoms with Gasteiger partial charge in [-0.3, -0.25) is 19.9 Å². The van der Waals surface area contributed by atoms with Crippen LogP contribution in [0.5, 0.6) is 0 Å². The molecule has 0 atom stereocenters. The molecule has 2 aromatic carbocycles. The van der Waals surface area contributed by atoms with Gasteiger partial charge in [-0.05, 0) is 34.1 Å². The molecule has 0 unspecified atom stereocenters. The zero-order chi connectivity index (χ0) is 17.8. The smallest absolute Gasteiger partial charge is 0.270 e. The van der Waals surface area contributed by atoms with Crippen LogP contribution in [0.25, 0.3) is 10.9 Å². The van der Waals surface area contributed by atoms with E-state index in [-0.39, 0.29) is 17.3 Å². The molecular weight excluding hydrogens is 406 g/mol. The molecule has 0 aliphatic carbocycles. The van der Waals surface area contributed by atoms with Gasteiger partial charge in [-0.15, -0.1) is 11.8 Å². The Morgan fingerprint density at radius 1 is 1.24 bits per heavy atom. The lowest BCUT2D eigenvalue weighted by Crippen LogP contribution is -2.14. The summed E-state index contributed by atoms with van der Waals surface area (Å²) in [5.41, 5.74) is 1.34. The van der Waals surface area contributed by atoms with Crippen molar-refractivity contribution in [2.45, 2.75) is 4.90 Å². The van der Waals surface area contributed by atoms with Gasteiger partial charge in [0.15, 0.2) is 0 Å². The molecule has 0 aliphatic rings. The molecule has 0 saturated heterocycles. The van der Waals surface area contributed by atoms with Gasteiger partial charge in [0, 0.05) is 33.1 Å². The molecule has 0 aliphatic heterocycles. The second-order valence-electron chi connectivity index (χ2n) is 5.08. The van der Waals surface area contributed by atoms with Gasteiger partial charge in [0.05, 0.1) is 21.9 Å². The van der Waals surface area contributed by atoms with Gasteiger partial charge in [-0.2, -0.15) is 0 Å². The van der Waals surface area contributed by atoms with Crippen LogP contribution in [0.15, 0.2) is 64.1 Å². The molecule has 1 aromatic heterocycles. The summed E-state index contributed by atoms with van der Waals surface area (Å²) in [5.74, 6) is 0.0256. The number of benzene rings is 2. The molecule has 1 heterocycles. The zero-order valence-electron chi connectivity index (χ0n) is 12.8. The van der Waals surface area contributed by atoms with Crippen LogP contribution in [-0.4, -0.2) is 21.6 Å². The van der Waals surface area contributed by atoms with E-state index in [1.807, 2.05) is 30.3 Å². The summed E-state index contributed by atoms with van der Waals surface area (Å²) in [4.78, 5) is 27.7. The lowest BCUT2D eigenvalue weighted by Gasteiger charge is -2.08. The van der Waals surface area contributed by atoms with Crippen molar-refractivity contribution in [1.29, 1.82) is 0 Å². The number of thioether (sulfide) groups is 1. The maximum atomic E-state index is 12.2. The van der Waals surface area contributed by atoms with E-state index >= 15 is 0 Å². The van der Waals surface area contributed by atoms with Gasteiger partial charge in [-0.1, -0.05) is 18.2 Å². The highest BCUT2D eigenvalue weighted by molar-refractivity contribution is 9.10. The average Bonchev–Trinajstić information content (AvgIpc) is 2.61. The van der Waals surface area contributed by atoms with Crippen LogP contribution in [0.2, 0.25) is 0 Å². The maximum absolute atomic E-state index is 12.2. The molecule has 126 valence electrons. The molecule has 0 spiro atoms. The molecule has 0 fully saturated rings. The van der Waals surface area contributed by atoms with Crippen molar-refractivity contribution in [2.75, 3.05) is 11.1 Å². The number of amides is 1. The first-order valence-electron chi connectivity index (χ1n) is 7.25. The Morgan fingerprint density at radius 3 is 2.80 bits per heavy atom. The number of nitro benzene ring substituents is 1. The highest BCUT2D eigenvalue weighted by atomic mass is 79.9. The van der Waals surface area contributed by atoms with E-state index in [4.69, 9.17) is 0 Å². The van der Waals surface area contributed by atoms with E-state index < -0.39 is 4.92 Å². The number of para-hydroxylation sites is 1. The largest absolute Gasteiger partial charge is 0.324 e. The van der Waals surface area contributed by atoms with Gasteiger partial charge < -0.3 is 5.32 Å². The fourth-order valence-corrected chi connectivity index (χ4v) is 3.55. The SMILES string of the molecule is O=C(CSc1ccnc2ccccc12)Nc1ccc([N+](=O)[O-])cc1Br. The normalized spacial score (nSPS) is 10.6. The molecule has 0 radical (unpaired) electrons. The number of pyridine rings is 1. The first kappa shape index (κ1) is 17.4. The van der Waals surface area contributed by atoms with Crippen molar-refractivity contribution >= 4 is 55.9 Å². The number of carbonyl (C=O) groups excluding carboxylic acids is 1. The third-order valence-electron chi connectivity index (χ3n) is 3.41. The van der Waals surface area contributed by atoms with E-state index in [0.29, 0.717) is 10.2 Å². The fourth-order valence-electron chi connectivity index (χ4n) is 2.24. The molecule has 1 amide bonds. The van der Waals surface area contributed by atoms with E-state index in [9.17, 15) is 14.9 Å². The number of carbonyl (C=O) groups is 1. The number of hydrogen-bond acceptors (Lipinski definition) is 5. The number of nitrogens with zero attached hydrogens (tertiary/aromatic N) is 2. The first-order chi connectivity index (χ1) is 12.0. The Morgan fingerprint density at radius 2 is 2.04 bits per heavy atom. The molecule has 0 bridgehead atoms.